The number of aryl methyl sites for hydroxylation is 2. The highest BCUT2D eigenvalue weighted by molar-refractivity contribution is 5.80. The zero-order chi connectivity index (χ0) is 15.9. The van der Waals surface area contributed by atoms with Gasteiger partial charge in [0.1, 0.15) is 0 Å². The van der Waals surface area contributed by atoms with E-state index in [1.54, 1.807) is 0 Å². The van der Waals surface area contributed by atoms with Gasteiger partial charge in [0.15, 0.2) is 0 Å². The zero-order valence-corrected chi connectivity index (χ0v) is 13.7. The molecule has 2 unspecified atom stereocenters. The lowest BCUT2D eigenvalue weighted by Crippen LogP contribution is -2.33. The minimum Gasteiger partial charge on any atom is -0.481 e. The first kappa shape index (κ1) is 15.3. The first-order chi connectivity index (χ1) is 10.4. The zero-order valence-electron chi connectivity index (χ0n) is 13.7. The Hall–Kier alpha value is -1.61. The van der Waals surface area contributed by atoms with Gasteiger partial charge in [0.25, 0.3) is 0 Å². The second-order valence-corrected chi connectivity index (χ2v) is 7.06. The molecule has 0 bridgehead atoms. The van der Waals surface area contributed by atoms with E-state index in [4.69, 9.17) is 0 Å². The molecule has 118 valence electrons. The Balaban J connectivity index is 1.74. The summed E-state index contributed by atoms with van der Waals surface area (Å²) >= 11 is 0. The number of benzene rings is 1. The Morgan fingerprint density at radius 2 is 2.18 bits per heavy atom. The van der Waals surface area contributed by atoms with Gasteiger partial charge >= 0.3 is 5.97 Å². The van der Waals surface area contributed by atoms with E-state index in [0.717, 1.165) is 37.8 Å². The van der Waals surface area contributed by atoms with Crippen molar-refractivity contribution < 1.29 is 9.90 Å². The van der Waals surface area contributed by atoms with E-state index in [9.17, 15) is 9.90 Å². The van der Waals surface area contributed by atoms with Crippen LogP contribution < -0.4 is 0 Å². The first-order valence-electron chi connectivity index (χ1n) is 8.12. The molecule has 3 rings (SSSR count). The first-order valence-corrected chi connectivity index (χ1v) is 8.12. The Bertz CT molecular complexity index is 634. The van der Waals surface area contributed by atoms with Crippen LogP contribution in [-0.4, -0.2) is 29.1 Å². The third-order valence-corrected chi connectivity index (χ3v) is 5.57. The number of carbonyl (C=O) groups is 1. The van der Waals surface area contributed by atoms with E-state index in [-0.39, 0.29) is 0 Å². The number of carboxylic acids is 1. The topological polar surface area (TPSA) is 40.5 Å². The van der Waals surface area contributed by atoms with Gasteiger partial charge in [-0.15, -0.1) is 0 Å². The lowest BCUT2D eigenvalue weighted by Gasteiger charge is -2.27. The normalized spacial score (nSPS) is 27.1. The quantitative estimate of drug-likeness (QED) is 0.862. The van der Waals surface area contributed by atoms with Crippen molar-refractivity contribution in [1.82, 2.24) is 4.90 Å². The highest BCUT2D eigenvalue weighted by atomic mass is 16.4. The molecule has 1 aromatic rings. The molecule has 2 aliphatic rings. The van der Waals surface area contributed by atoms with Crippen molar-refractivity contribution in [3.63, 3.8) is 0 Å². The van der Waals surface area contributed by atoms with E-state index in [1.807, 2.05) is 0 Å². The number of aliphatic carboxylic acids is 1. The van der Waals surface area contributed by atoms with Crippen LogP contribution in [0.15, 0.2) is 29.8 Å². The minimum atomic E-state index is -0.626. The molecule has 1 N–H and O–H groups in total. The smallest absolute Gasteiger partial charge is 0.313 e. The summed E-state index contributed by atoms with van der Waals surface area (Å²) in [5, 5.41) is 9.68. The molecule has 0 amide bonds. The summed E-state index contributed by atoms with van der Waals surface area (Å²) in [7, 11) is 2.13. The predicted molar refractivity (Wildman–Crippen MR) is 87.8 cm³/mol. The van der Waals surface area contributed by atoms with Crippen LogP contribution in [0.3, 0.4) is 0 Å². The van der Waals surface area contributed by atoms with Gasteiger partial charge in [-0.2, -0.15) is 0 Å². The van der Waals surface area contributed by atoms with Crippen molar-refractivity contribution >= 4 is 5.97 Å². The molecular weight excluding hydrogens is 274 g/mol. The average Bonchev–Trinajstić information content (AvgIpc) is 2.99. The molecule has 0 radical (unpaired) electrons. The second kappa shape index (κ2) is 5.54. The molecule has 1 saturated carbocycles. The number of carboxylic acid groups (broad SMARTS) is 1. The maximum Gasteiger partial charge on any atom is 0.313 e. The van der Waals surface area contributed by atoms with Crippen LogP contribution in [0.1, 0.15) is 42.4 Å². The fraction of sp³-hybridized carbons (Fsp3) is 0.526. The second-order valence-electron chi connectivity index (χ2n) is 7.06. The molecule has 22 heavy (non-hydrogen) atoms. The maximum absolute atomic E-state index is 11.8. The van der Waals surface area contributed by atoms with Gasteiger partial charge in [-0.25, -0.2) is 0 Å². The third kappa shape index (κ3) is 2.48. The van der Waals surface area contributed by atoms with Crippen molar-refractivity contribution in [2.24, 2.45) is 5.41 Å². The van der Waals surface area contributed by atoms with Crippen molar-refractivity contribution in [1.29, 1.82) is 0 Å². The van der Waals surface area contributed by atoms with E-state index in [0.29, 0.717) is 6.04 Å². The van der Waals surface area contributed by atoms with Gasteiger partial charge in [-0.05, 0) is 57.7 Å². The van der Waals surface area contributed by atoms with Gasteiger partial charge in [0.2, 0.25) is 0 Å². The summed E-state index contributed by atoms with van der Waals surface area (Å²) in [4.78, 5) is 14.1. The number of nitrogens with zero attached hydrogens (tertiary/aromatic N) is 1. The molecule has 1 fully saturated rings. The minimum absolute atomic E-state index is 0.336. The molecule has 0 spiro atoms. The summed E-state index contributed by atoms with van der Waals surface area (Å²) in [5.74, 6) is -0.626. The summed E-state index contributed by atoms with van der Waals surface area (Å²) in [5.41, 5.74) is 4.54. The summed E-state index contributed by atoms with van der Waals surface area (Å²) in [6.07, 6.45) is 5.54. The molecule has 1 aromatic carbocycles. The number of rotatable bonds is 4. The fourth-order valence-corrected chi connectivity index (χ4v) is 4.15. The summed E-state index contributed by atoms with van der Waals surface area (Å²) in [6, 6.07) is 6.90. The average molecular weight is 299 g/mol. The monoisotopic (exact) mass is 299 g/mol. The Morgan fingerprint density at radius 1 is 1.41 bits per heavy atom. The van der Waals surface area contributed by atoms with Gasteiger partial charge in [0, 0.05) is 12.6 Å². The van der Waals surface area contributed by atoms with E-state index < -0.39 is 11.4 Å². The van der Waals surface area contributed by atoms with Gasteiger partial charge in [-0.1, -0.05) is 35.4 Å². The molecule has 0 aromatic heterocycles. The number of fused-ring (bicyclic) bond motifs is 1. The Morgan fingerprint density at radius 3 is 2.82 bits per heavy atom. The van der Waals surface area contributed by atoms with Crippen molar-refractivity contribution in [2.75, 3.05) is 7.05 Å². The van der Waals surface area contributed by atoms with Gasteiger partial charge < -0.3 is 5.11 Å². The van der Waals surface area contributed by atoms with Crippen LogP contribution in [0.4, 0.5) is 0 Å². The van der Waals surface area contributed by atoms with Crippen LogP contribution >= 0.6 is 0 Å². The lowest BCUT2D eigenvalue weighted by atomic mass is 9.83. The molecule has 3 heteroatoms. The van der Waals surface area contributed by atoms with Crippen LogP contribution in [-0.2, 0) is 11.3 Å². The number of hydrogen-bond acceptors (Lipinski definition) is 2. The molecule has 0 heterocycles. The summed E-state index contributed by atoms with van der Waals surface area (Å²) in [6.45, 7) is 5.16. The van der Waals surface area contributed by atoms with E-state index in [1.165, 1.54) is 16.7 Å². The largest absolute Gasteiger partial charge is 0.481 e. The third-order valence-electron chi connectivity index (χ3n) is 5.57. The molecule has 0 saturated heterocycles. The Labute approximate surface area is 132 Å². The van der Waals surface area contributed by atoms with Gasteiger partial charge in [0.05, 0.1) is 5.41 Å². The number of hydrogen-bond donors (Lipinski definition) is 1. The van der Waals surface area contributed by atoms with Crippen molar-refractivity contribution in [2.45, 2.75) is 52.1 Å². The van der Waals surface area contributed by atoms with Crippen molar-refractivity contribution in [3.05, 3.63) is 46.5 Å². The Kier molecular flexibility index (Phi) is 3.85. The van der Waals surface area contributed by atoms with Crippen LogP contribution in [0.25, 0.3) is 0 Å². The molecule has 2 aliphatic carbocycles. The lowest BCUT2D eigenvalue weighted by molar-refractivity contribution is -0.146. The summed E-state index contributed by atoms with van der Waals surface area (Å²) < 4.78 is 0. The molecular formula is C19H25NO2. The molecule has 3 nitrogen and oxygen atoms in total. The number of allylic oxidation sites excluding steroid dienone is 1. The predicted octanol–water partition coefficient (Wildman–Crippen LogP) is 3.69. The maximum atomic E-state index is 11.8. The van der Waals surface area contributed by atoms with Crippen molar-refractivity contribution in [3.8, 4) is 0 Å². The SMILES string of the molecule is Cc1ccc(CN(C)C2CC3=CCCC3(C(=O)O)C2)c(C)c1. The van der Waals surface area contributed by atoms with E-state index >= 15 is 0 Å². The van der Waals surface area contributed by atoms with Crippen LogP contribution in [0, 0.1) is 19.3 Å². The highest BCUT2D eigenvalue weighted by Crippen LogP contribution is 2.52. The van der Waals surface area contributed by atoms with Crippen LogP contribution in [0.2, 0.25) is 0 Å². The van der Waals surface area contributed by atoms with E-state index in [2.05, 4.69) is 50.1 Å². The van der Waals surface area contributed by atoms with Crippen LogP contribution in [0.5, 0.6) is 0 Å². The molecule has 2 atom stereocenters. The highest BCUT2D eigenvalue weighted by Gasteiger charge is 2.51. The molecule has 0 aliphatic heterocycles. The fourth-order valence-electron chi connectivity index (χ4n) is 4.15. The standard InChI is InChI=1S/C19H25NO2/c1-13-6-7-15(14(2)9-13)12-20(3)17-10-16-5-4-8-19(16,11-17)18(21)22/h5-7,9,17H,4,8,10-12H2,1-3H3,(H,21,22). The van der Waals surface area contributed by atoms with Gasteiger partial charge in [-0.3, -0.25) is 9.69 Å².